The number of rotatable bonds is 4. The van der Waals surface area contributed by atoms with Crippen molar-refractivity contribution in [1.82, 2.24) is 5.32 Å². The summed E-state index contributed by atoms with van der Waals surface area (Å²) in [6.45, 7) is 3.62. The smallest absolute Gasteiger partial charge is 0.0111 e. The van der Waals surface area contributed by atoms with Crippen molar-refractivity contribution in [1.29, 1.82) is 0 Å². The first-order valence-corrected chi connectivity index (χ1v) is 7.13. The van der Waals surface area contributed by atoms with E-state index in [9.17, 15) is 0 Å². The molecule has 1 heteroatoms. The van der Waals surface area contributed by atoms with Gasteiger partial charge in [0.1, 0.15) is 0 Å². The van der Waals surface area contributed by atoms with Crippen LogP contribution in [0, 0.1) is 11.8 Å². The average molecular weight is 229 g/mol. The van der Waals surface area contributed by atoms with Crippen molar-refractivity contribution in [3.05, 3.63) is 35.4 Å². The molecule has 2 atom stereocenters. The molecule has 2 aliphatic rings. The lowest BCUT2D eigenvalue weighted by molar-refractivity contribution is 0.391. The standard InChI is InChI=1S/C16H23N/c1-12(13-6-7-13)11-17-16-9-8-14-4-2-3-5-15(14)10-16/h2-5,12-13,16-17H,6-11H2,1H3. The van der Waals surface area contributed by atoms with Gasteiger partial charge in [-0.3, -0.25) is 0 Å². The van der Waals surface area contributed by atoms with Crippen LogP contribution in [0.2, 0.25) is 0 Å². The zero-order valence-electron chi connectivity index (χ0n) is 10.8. The summed E-state index contributed by atoms with van der Waals surface area (Å²) in [7, 11) is 0. The fourth-order valence-corrected chi connectivity index (χ4v) is 3.06. The van der Waals surface area contributed by atoms with Crippen LogP contribution in [0.3, 0.4) is 0 Å². The Morgan fingerprint density at radius 3 is 2.71 bits per heavy atom. The van der Waals surface area contributed by atoms with Crippen LogP contribution in [0.5, 0.6) is 0 Å². The first-order valence-electron chi connectivity index (χ1n) is 7.13. The van der Waals surface area contributed by atoms with Gasteiger partial charge >= 0.3 is 0 Å². The Balaban J connectivity index is 1.53. The van der Waals surface area contributed by atoms with Gasteiger partial charge in [-0.1, -0.05) is 31.2 Å². The van der Waals surface area contributed by atoms with Gasteiger partial charge in [-0.2, -0.15) is 0 Å². The van der Waals surface area contributed by atoms with E-state index < -0.39 is 0 Å². The van der Waals surface area contributed by atoms with Gasteiger partial charge in [0.05, 0.1) is 0 Å². The van der Waals surface area contributed by atoms with Crippen LogP contribution in [-0.2, 0) is 12.8 Å². The fraction of sp³-hybridized carbons (Fsp3) is 0.625. The van der Waals surface area contributed by atoms with Gasteiger partial charge in [0.2, 0.25) is 0 Å². The molecule has 1 aromatic carbocycles. The second-order valence-corrected chi connectivity index (χ2v) is 5.93. The highest BCUT2D eigenvalue weighted by atomic mass is 14.9. The summed E-state index contributed by atoms with van der Waals surface area (Å²) in [6, 6.07) is 9.65. The minimum absolute atomic E-state index is 0.714. The van der Waals surface area contributed by atoms with E-state index in [4.69, 9.17) is 0 Å². The molecule has 17 heavy (non-hydrogen) atoms. The lowest BCUT2D eigenvalue weighted by Gasteiger charge is -2.26. The van der Waals surface area contributed by atoms with Crippen LogP contribution in [0.1, 0.15) is 37.3 Å². The summed E-state index contributed by atoms with van der Waals surface area (Å²) in [5.41, 5.74) is 3.14. The monoisotopic (exact) mass is 229 g/mol. The lowest BCUT2D eigenvalue weighted by atomic mass is 9.88. The molecule has 1 nitrogen and oxygen atoms in total. The molecule has 92 valence electrons. The third kappa shape index (κ3) is 2.71. The highest BCUT2D eigenvalue weighted by Crippen LogP contribution is 2.36. The zero-order chi connectivity index (χ0) is 11.7. The normalized spacial score (nSPS) is 25.4. The average Bonchev–Trinajstić information content (AvgIpc) is 3.20. The van der Waals surface area contributed by atoms with E-state index >= 15 is 0 Å². The predicted molar refractivity (Wildman–Crippen MR) is 72.1 cm³/mol. The summed E-state index contributed by atoms with van der Waals surface area (Å²) < 4.78 is 0. The van der Waals surface area contributed by atoms with Crippen molar-refractivity contribution in [3.63, 3.8) is 0 Å². The number of nitrogens with one attached hydrogen (secondary N) is 1. The molecule has 0 bridgehead atoms. The molecule has 1 fully saturated rings. The van der Waals surface area contributed by atoms with Crippen LogP contribution in [-0.4, -0.2) is 12.6 Å². The van der Waals surface area contributed by atoms with Crippen LogP contribution < -0.4 is 5.32 Å². The van der Waals surface area contributed by atoms with E-state index in [1.54, 1.807) is 11.1 Å². The third-order valence-corrected chi connectivity index (χ3v) is 4.50. The molecule has 0 aliphatic heterocycles. The topological polar surface area (TPSA) is 12.0 Å². The maximum absolute atomic E-state index is 3.78. The zero-order valence-corrected chi connectivity index (χ0v) is 10.8. The summed E-state index contributed by atoms with van der Waals surface area (Å²) in [6.07, 6.45) is 6.74. The molecule has 0 spiro atoms. The van der Waals surface area contributed by atoms with E-state index in [0.29, 0.717) is 6.04 Å². The number of aryl methyl sites for hydroxylation is 1. The van der Waals surface area contributed by atoms with Crippen LogP contribution in [0.4, 0.5) is 0 Å². The summed E-state index contributed by atoms with van der Waals surface area (Å²) in [5, 5.41) is 3.78. The number of hydrogen-bond donors (Lipinski definition) is 1. The number of fused-ring (bicyclic) bond motifs is 1. The fourth-order valence-electron chi connectivity index (χ4n) is 3.06. The Bertz CT molecular complexity index is 381. The van der Waals surface area contributed by atoms with Gasteiger partial charge in [-0.05, 0) is 61.6 Å². The van der Waals surface area contributed by atoms with Gasteiger partial charge in [0.15, 0.2) is 0 Å². The van der Waals surface area contributed by atoms with Crippen molar-refractivity contribution >= 4 is 0 Å². The largest absolute Gasteiger partial charge is 0.313 e. The number of hydrogen-bond acceptors (Lipinski definition) is 1. The maximum Gasteiger partial charge on any atom is 0.0111 e. The Morgan fingerprint density at radius 1 is 1.18 bits per heavy atom. The minimum atomic E-state index is 0.714. The summed E-state index contributed by atoms with van der Waals surface area (Å²) in [5.74, 6) is 1.91. The predicted octanol–water partition coefficient (Wildman–Crippen LogP) is 3.18. The van der Waals surface area contributed by atoms with E-state index in [1.165, 1.54) is 38.6 Å². The van der Waals surface area contributed by atoms with Gasteiger partial charge in [-0.25, -0.2) is 0 Å². The summed E-state index contributed by atoms with van der Waals surface area (Å²) >= 11 is 0. The molecule has 1 N–H and O–H groups in total. The van der Waals surface area contributed by atoms with Crippen molar-refractivity contribution in [2.75, 3.05) is 6.54 Å². The minimum Gasteiger partial charge on any atom is -0.313 e. The Labute approximate surface area is 105 Å². The molecule has 0 saturated heterocycles. The quantitative estimate of drug-likeness (QED) is 0.836. The van der Waals surface area contributed by atoms with E-state index in [0.717, 1.165) is 11.8 Å². The van der Waals surface area contributed by atoms with Gasteiger partial charge in [0.25, 0.3) is 0 Å². The molecular formula is C16H23N. The van der Waals surface area contributed by atoms with Crippen molar-refractivity contribution in [2.45, 2.75) is 45.1 Å². The highest BCUT2D eigenvalue weighted by Gasteiger charge is 2.28. The van der Waals surface area contributed by atoms with Crippen LogP contribution in [0.15, 0.2) is 24.3 Å². The molecule has 1 saturated carbocycles. The highest BCUT2D eigenvalue weighted by molar-refractivity contribution is 5.30. The van der Waals surface area contributed by atoms with Crippen molar-refractivity contribution in [3.8, 4) is 0 Å². The van der Waals surface area contributed by atoms with Crippen LogP contribution in [0.25, 0.3) is 0 Å². The molecule has 2 aliphatic carbocycles. The SMILES string of the molecule is CC(CNC1CCc2ccccc2C1)C1CC1. The molecule has 2 unspecified atom stereocenters. The van der Waals surface area contributed by atoms with E-state index in [-0.39, 0.29) is 0 Å². The van der Waals surface area contributed by atoms with Gasteiger partial charge < -0.3 is 5.32 Å². The van der Waals surface area contributed by atoms with E-state index in [1.807, 2.05) is 0 Å². The molecular weight excluding hydrogens is 206 g/mol. The Hall–Kier alpha value is -0.820. The maximum atomic E-state index is 3.78. The van der Waals surface area contributed by atoms with Gasteiger partial charge in [-0.15, -0.1) is 0 Å². The molecule has 0 aromatic heterocycles. The van der Waals surface area contributed by atoms with Crippen molar-refractivity contribution in [2.24, 2.45) is 11.8 Å². The Kier molecular flexibility index (Phi) is 3.19. The first kappa shape index (κ1) is 11.3. The molecule has 0 amide bonds. The van der Waals surface area contributed by atoms with Crippen LogP contribution >= 0.6 is 0 Å². The lowest BCUT2D eigenvalue weighted by Crippen LogP contribution is -2.37. The summed E-state index contributed by atoms with van der Waals surface area (Å²) in [4.78, 5) is 0. The molecule has 3 rings (SSSR count). The number of benzene rings is 1. The molecule has 0 radical (unpaired) electrons. The second-order valence-electron chi connectivity index (χ2n) is 5.93. The van der Waals surface area contributed by atoms with Crippen molar-refractivity contribution < 1.29 is 0 Å². The Morgan fingerprint density at radius 2 is 1.94 bits per heavy atom. The third-order valence-electron chi connectivity index (χ3n) is 4.50. The first-order chi connectivity index (χ1) is 8.33. The van der Waals surface area contributed by atoms with E-state index in [2.05, 4.69) is 36.5 Å². The molecule has 1 aromatic rings. The second kappa shape index (κ2) is 4.81. The molecule has 0 heterocycles. The van der Waals surface area contributed by atoms with Gasteiger partial charge in [0, 0.05) is 6.04 Å².